The Balaban J connectivity index is 2.07. The third-order valence-electron chi connectivity index (χ3n) is 4.44. The van der Waals surface area contributed by atoms with Crippen LogP contribution in [0.5, 0.6) is 5.75 Å². The van der Waals surface area contributed by atoms with Crippen molar-refractivity contribution in [3.63, 3.8) is 0 Å². The van der Waals surface area contributed by atoms with Crippen LogP contribution in [0.25, 0.3) is 0 Å². The van der Waals surface area contributed by atoms with Gasteiger partial charge in [-0.3, -0.25) is 0 Å². The molecule has 0 heterocycles. The lowest BCUT2D eigenvalue weighted by molar-refractivity contribution is 0.0692. The van der Waals surface area contributed by atoms with E-state index < -0.39 is 5.97 Å². The fourth-order valence-corrected chi connectivity index (χ4v) is 2.98. The number of unbranched alkanes of at least 4 members (excludes halogenated alkanes) is 5. The van der Waals surface area contributed by atoms with Crippen molar-refractivity contribution in [2.45, 2.75) is 71.1 Å². The smallest absolute Gasteiger partial charge is 0.339 e. The lowest BCUT2D eigenvalue weighted by Gasteiger charge is -2.07. The highest BCUT2D eigenvalue weighted by Crippen LogP contribution is 2.23. The Hall–Kier alpha value is -2.29. The van der Waals surface area contributed by atoms with Crippen molar-refractivity contribution < 1.29 is 15.0 Å². The summed E-state index contributed by atoms with van der Waals surface area (Å²) in [5.74, 6) is -1.19. The highest BCUT2D eigenvalue weighted by Gasteiger charge is 2.14. The second kappa shape index (κ2) is 14.8. The first-order valence-electron chi connectivity index (χ1n) is 10.2. The molecule has 0 unspecified atom stereocenters. The first-order chi connectivity index (χ1) is 13.2. The summed E-state index contributed by atoms with van der Waals surface area (Å²) in [6.07, 6.45) is 23.9. The molecule has 1 aromatic carbocycles. The monoisotopic (exact) mass is 370 g/mol. The van der Waals surface area contributed by atoms with E-state index in [2.05, 4.69) is 43.4 Å². The van der Waals surface area contributed by atoms with Gasteiger partial charge in [0.05, 0.1) is 0 Å². The Labute approximate surface area is 164 Å². The molecule has 2 N–H and O–H groups in total. The summed E-state index contributed by atoms with van der Waals surface area (Å²) in [5.41, 5.74) is 0.779. The quantitative estimate of drug-likeness (QED) is 0.279. The summed E-state index contributed by atoms with van der Waals surface area (Å²) in [5, 5.41) is 18.9. The predicted molar refractivity (Wildman–Crippen MR) is 113 cm³/mol. The molecule has 0 spiro atoms. The number of aromatic carboxylic acids is 1. The zero-order valence-electron chi connectivity index (χ0n) is 16.6. The Kier molecular flexibility index (Phi) is 12.5. The molecule has 0 aliphatic heterocycles. The molecular formula is C24H34O3. The molecule has 0 radical (unpaired) electrons. The average Bonchev–Trinajstić information content (AvgIpc) is 2.64. The van der Waals surface area contributed by atoms with Gasteiger partial charge in [-0.1, -0.05) is 74.8 Å². The number of rotatable bonds is 14. The van der Waals surface area contributed by atoms with E-state index in [1.54, 1.807) is 12.1 Å². The summed E-state index contributed by atoms with van der Waals surface area (Å²) in [7, 11) is 0. The molecule has 0 aliphatic rings. The van der Waals surface area contributed by atoms with E-state index in [1.807, 2.05) is 0 Å². The van der Waals surface area contributed by atoms with Gasteiger partial charge in [0.1, 0.15) is 11.3 Å². The van der Waals surface area contributed by atoms with Crippen LogP contribution in [0.4, 0.5) is 0 Å². The van der Waals surface area contributed by atoms with Crippen molar-refractivity contribution in [1.82, 2.24) is 0 Å². The van der Waals surface area contributed by atoms with E-state index in [4.69, 9.17) is 0 Å². The molecule has 0 saturated heterocycles. The SMILES string of the molecule is CC/C=C\C/C=C/C/C=C/CCCCCCCc1cccc(O)c1C(=O)O. The number of carboxylic acid groups (broad SMARTS) is 1. The van der Waals surface area contributed by atoms with Crippen LogP contribution < -0.4 is 0 Å². The van der Waals surface area contributed by atoms with Gasteiger partial charge in [0.25, 0.3) is 0 Å². The Morgan fingerprint density at radius 2 is 1.52 bits per heavy atom. The van der Waals surface area contributed by atoms with Crippen LogP contribution in [0.3, 0.4) is 0 Å². The standard InChI is InChI=1S/C24H34O3/c1-2-3-4-5-6-7-8-9-10-11-12-13-14-15-16-18-21-19-17-20-22(25)23(21)24(26)27/h3-4,6-7,9-10,17,19-20,25H,2,5,8,11-16,18H2,1H3,(H,26,27)/b4-3-,7-6+,10-9+. The minimum atomic E-state index is -1.05. The number of allylic oxidation sites excluding steroid dienone is 6. The molecule has 0 fully saturated rings. The van der Waals surface area contributed by atoms with Gasteiger partial charge in [-0.15, -0.1) is 0 Å². The minimum Gasteiger partial charge on any atom is -0.507 e. The number of hydrogen-bond acceptors (Lipinski definition) is 2. The van der Waals surface area contributed by atoms with E-state index in [1.165, 1.54) is 25.3 Å². The van der Waals surface area contributed by atoms with E-state index in [9.17, 15) is 15.0 Å². The maximum Gasteiger partial charge on any atom is 0.339 e. The van der Waals surface area contributed by atoms with Gasteiger partial charge in [-0.05, 0) is 56.6 Å². The van der Waals surface area contributed by atoms with Crippen molar-refractivity contribution in [3.8, 4) is 5.75 Å². The topological polar surface area (TPSA) is 57.5 Å². The minimum absolute atomic E-state index is 0.0538. The van der Waals surface area contributed by atoms with Crippen molar-refractivity contribution >= 4 is 5.97 Å². The van der Waals surface area contributed by atoms with Gasteiger partial charge in [0.2, 0.25) is 0 Å². The molecule has 148 valence electrons. The molecule has 0 saturated carbocycles. The van der Waals surface area contributed by atoms with Crippen LogP contribution in [0, 0.1) is 0 Å². The highest BCUT2D eigenvalue weighted by atomic mass is 16.4. The van der Waals surface area contributed by atoms with Gasteiger partial charge in [-0.2, -0.15) is 0 Å². The lowest BCUT2D eigenvalue weighted by Crippen LogP contribution is -2.03. The van der Waals surface area contributed by atoms with Gasteiger partial charge in [0.15, 0.2) is 0 Å². The summed E-state index contributed by atoms with van der Waals surface area (Å²) in [6.45, 7) is 2.15. The molecule has 1 aromatic rings. The van der Waals surface area contributed by atoms with Crippen LogP contribution in [0.15, 0.2) is 54.7 Å². The number of hydrogen-bond donors (Lipinski definition) is 2. The van der Waals surface area contributed by atoms with Crippen LogP contribution >= 0.6 is 0 Å². The van der Waals surface area contributed by atoms with Crippen LogP contribution in [0.1, 0.15) is 80.6 Å². The summed E-state index contributed by atoms with van der Waals surface area (Å²) in [4.78, 5) is 11.2. The molecule has 0 atom stereocenters. The number of phenols is 1. The van der Waals surface area contributed by atoms with Gasteiger partial charge in [0, 0.05) is 0 Å². The van der Waals surface area contributed by atoms with Crippen molar-refractivity contribution in [2.75, 3.05) is 0 Å². The van der Waals surface area contributed by atoms with E-state index in [0.717, 1.165) is 44.1 Å². The number of carboxylic acids is 1. The number of carbonyl (C=O) groups is 1. The summed E-state index contributed by atoms with van der Waals surface area (Å²) >= 11 is 0. The summed E-state index contributed by atoms with van der Waals surface area (Å²) in [6, 6.07) is 4.93. The molecule has 0 bridgehead atoms. The largest absolute Gasteiger partial charge is 0.507 e. The van der Waals surface area contributed by atoms with Gasteiger partial charge in [-0.25, -0.2) is 4.79 Å². The molecule has 0 amide bonds. The Morgan fingerprint density at radius 3 is 2.22 bits per heavy atom. The molecule has 3 nitrogen and oxygen atoms in total. The number of aryl methyl sites for hydroxylation is 1. The predicted octanol–water partition coefficient (Wildman–Crippen LogP) is 6.83. The second-order valence-corrected chi connectivity index (χ2v) is 6.72. The zero-order valence-corrected chi connectivity index (χ0v) is 16.6. The molecule has 3 heteroatoms. The molecular weight excluding hydrogens is 336 g/mol. The highest BCUT2D eigenvalue weighted by molar-refractivity contribution is 5.92. The van der Waals surface area contributed by atoms with Gasteiger partial charge >= 0.3 is 5.97 Å². The fraction of sp³-hybridized carbons (Fsp3) is 0.458. The van der Waals surface area contributed by atoms with Gasteiger partial charge < -0.3 is 10.2 Å². The molecule has 0 aromatic heterocycles. The first-order valence-corrected chi connectivity index (χ1v) is 10.2. The van der Waals surface area contributed by atoms with Crippen molar-refractivity contribution in [3.05, 3.63) is 65.8 Å². The fourth-order valence-electron chi connectivity index (χ4n) is 2.98. The van der Waals surface area contributed by atoms with E-state index in [-0.39, 0.29) is 11.3 Å². The van der Waals surface area contributed by atoms with Crippen molar-refractivity contribution in [1.29, 1.82) is 0 Å². The molecule has 0 aliphatic carbocycles. The normalized spacial score (nSPS) is 11.9. The Bertz CT molecular complexity index is 627. The first kappa shape index (κ1) is 22.8. The third-order valence-corrected chi connectivity index (χ3v) is 4.44. The van der Waals surface area contributed by atoms with Crippen molar-refractivity contribution in [2.24, 2.45) is 0 Å². The molecule has 1 rings (SSSR count). The number of aromatic hydroxyl groups is 1. The lowest BCUT2D eigenvalue weighted by atomic mass is 9.99. The van der Waals surface area contributed by atoms with E-state index >= 15 is 0 Å². The second-order valence-electron chi connectivity index (χ2n) is 6.72. The average molecular weight is 371 g/mol. The maximum absolute atomic E-state index is 11.2. The van der Waals surface area contributed by atoms with Crippen LogP contribution in [0.2, 0.25) is 0 Å². The number of benzene rings is 1. The van der Waals surface area contributed by atoms with Crippen LogP contribution in [-0.2, 0) is 6.42 Å². The molecule has 27 heavy (non-hydrogen) atoms. The Morgan fingerprint density at radius 1 is 0.889 bits per heavy atom. The summed E-state index contributed by atoms with van der Waals surface area (Å²) < 4.78 is 0. The van der Waals surface area contributed by atoms with E-state index in [0.29, 0.717) is 6.42 Å². The maximum atomic E-state index is 11.2. The van der Waals surface area contributed by atoms with Crippen LogP contribution in [-0.4, -0.2) is 16.2 Å². The zero-order chi connectivity index (χ0) is 19.7. The third kappa shape index (κ3) is 10.4.